The van der Waals surface area contributed by atoms with Gasteiger partial charge < -0.3 is 11.1 Å². The van der Waals surface area contributed by atoms with Crippen LogP contribution in [0.4, 0.5) is 4.79 Å². The molecule has 0 atom stereocenters. The van der Waals surface area contributed by atoms with E-state index in [0.717, 1.165) is 25.7 Å². The second-order valence-corrected chi connectivity index (χ2v) is 8.19. The van der Waals surface area contributed by atoms with Crippen molar-refractivity contribution < 1.29 is 4.79 Å². The SMILES string of the molecule is C=C/C(=C\N=C(/N)Cl)N1C[C@]2(CC[C@](c3ccccc3)(N(C)C)CC2)NC1=O. The minimum Gasteiger partial charge on any atom is -0.374 e. The second-order valence-electron chi connectivity index (χ2n) is 7.80. The van der Waals surface area contributed by atoms with Gasteiger partial charge in [-0.2, -0.15) is 0 Å². The van der Waals surface area contributed by atoms with Gasteiger partial charge in [-0.15, -0.1) is 0 Å². The van der Waals surface area contributed by atoms with Gasteiger partial charge in [-0.05, 0) is 63.0 Å². The fourth-order valence-electron chi connectivity index (χ4n) is 4.44. The highest BCUT2D eigenvalue weighted by molar-refractivity contribution is 6.64. The van der Waals surface area contributed by atoms with Crippen molar-refractivity contribution in [1.82, 2.24) is 15.1 Å². The molecule has 2 aliphatic rings. The molecule has 2 amide bonds. The molecule has 28 heavy (non-hydrogen) atoms. The number of allylic oxidation sites excluding steroid dienone is 1. The van der Waals surface area contributed by atoms with Crippen LogP contribution >= 0.6 is 11.6 Å². The third-order valence-electron chi connectivity index (χ3n) is 6.12. The minimum absolute atomic E-state index is 0.0148. The van der Waals surface area contributed by atoms with Crippen molar-refractivity contribution in [3.8, 4) is 0 Å². The monoisotopic (exact) mass is 401 g/mol. The molecule has 1 saturated heterocycles. The number of halogens is 1. The lowest BCUT2D eigenvalue weighted by Gasteiger charge is -2.48. The molecule has 3 N–H and O–H groups in total. The van der Waals surface area contributed by atoms with Crippen LogP contribution in [0.3, 0.4) is 0 Å². The smallest absolute Gasteiger partial charge is 0.322 e. The number of hydrogen-bond acceptors (Lipinski definition) is 3. The Morgan fingerprint density at radius 2 is 1.93 bits per heavy atom. The number of carbonyl (C=O) groups excluding carboxylic acids is 1. The van der Waals surface area contributed by atoms with E-state index in [2.05, 4.69) is 60.1 Å². The topological polar surface area (TPSA) is 74.0 Å². The lowest BCUT2D eigenvalue weighted by atomic mass is 9.69. The summed E-state index contributed by atoms with van der Waals surface area (Å²) in [7, 11) is 4.27. The van der Waals surface area contributed by atoms with Gasteiger partial charge in [-0.3, -0.25) is 9.80 Å². The highest BCUT2D eigenvalue weighted by atomic mass is 35.5. The number of amides is 2. The Labute approximate surface area is 171 Å². The van der Waals surface area contributed by atoms with Gasteiger partial charge in [0.25, 0.3) is 0 Å². The van der Waals surface area contributed by atoms with E-state index in [-0.39, 0.29) is 22.4 Å². The standard InChI is InChI=1S/C21H28ClN5O/c1-4-17(14-24-18(22)23)27-15-20(25-19(27)28)10-12-21(13-11-20,26(2)3)16-8-6-5-7-9-16/h4-9,14H,1,10-13,15H2,2-3H3,(H2,23,24)(H,25,28)/b17-14+/t20-,21+. The molecule has 1 aliphatic heterocycles. The summed E-state index contributed by atoms with van der Waals surface area (Å²) < 4.78 is 0. The van der Waals surface area contributed by atoms with E-state index in [4.69, 9.17) is 17.3 Å². The quantitative estimate of drug-likeness (QED) is 0.344. The number of nitrogens with one attached hydrogen (secondary N) is 1. The van der Waals surface area contributed by atoms with Crippen LogP contribution in [0, 0.1) is 0 Å². The van der Waals surface area contributed by atoms with Crippen LogP contribution in [0.15, 0.2) is 59.9 Å². The van der Waals surface area contributed by atoms with Gasteiger partial charge in [-0.25, -0.2) is 9.79 Å². The number of hydrogen-bond donors (Lipinski definition) is 2. The van der Waals surface area contributed by atoms with E-state index >= 15 is 0 Å². The third kappa shape index (κ3) is 3.80. The summed E-state index contributed by atoms with van der Waals surface area (Å²) in [5.41, 5.74) is 7.05. The Kier molecular flexibility index (Phi) is 5.82. The lowest BCUT2D eigenvalue weighted by Crippen LogP contribution is -2.53. The first kappa shape index (κ1) is 20.4. The maximum atomic E-state index is 12.7. The molecule has 0 bridgehead atoms. The number of carbonyl (C=O) groups is 1. The van der Waals surface area contributed by atoms with Gasteiger partial charge >= 0.3 is 6.03 Å². The van der Waals surface area contributed by atoms with Gasteiger partial charge in [0.15, 0.2) is 5.29 Å². The van der Waals surface area contributed by atoms with Crippen molar-refractivity contribution in [3.05, 3.63) is 60.4 Å². The number of urea groups is 1. The van der Waals surface area contributed by atoms with E-state index < -0.39 is 0 Å². The van der Waals surface area contributed by atoms with Crippen LogP contribution in [0.25, 0.3) is 0 Å². The predicted molar refractivity (Wildman–Crippen MR) is 114 cm³/mol. The molecule has 0 unspecified atom stereocenters. The number of nitrogens with two attached hydrogens (primary N) is 1. The van der Waals surface area contributed by atoms with Crippen LogP contribution in [0.2, 0.25) is 0 Å². The van der Waals surface area contributed by atoms with Gasteiger partial charge in [0.2, 0.25) is 0 Å². The molecule has 1 spiro atoms. The van der Waals surface area contributed by atoms with Crippen LogP contribution in [0.5, 0.6) is 0 Å². The van der Waals surface area contributed by atoms with Gasteiger partial charge in [0.1, 0.15) is 0 Å². The Bertz CT molecular complexity index is 790. The van der Waals surface area contributed by atoms with Crippen molar-refractivity contribution in [2.24, 2.45) is 10.7 Å². The molecule has 0 aromatic heterocycles. The van der Waals surface area contributed by atoms with Gasteiger partial charge in [0, 0.05) is 5.54 Å². The molecule has 7 heteroatoms. The first-order valence-corrected chi connectivity index (χ1v) is 9.84. The van der Waals surface area contributed by atoms with Gasteiger partial charge in [-0.1, -0.05) is 36.9 Å². The highest BCUT2D eigenvalue weighted by Crippen LogP contribution is 2.46. The van der Waals surface area contributed by atoms with E-state index in [1.54, 1.807) is 11.0 Å². The molecule has 1 aromatic rings. The molecular weight excluding hydrogens is 374 g/mol. The number of amidine groups is 1. The molecule has 0 radical (unpaired) electrons. The number of benzene rings is 1. The number of nitrogens with zero attached hydrogens (tertiary/aromatic N) is 3. The molecule has 6 nitrogen and oxygen atoms in total. The van der Waals surface area contributed by atoms with Crippen molar-refractivity contribution in [2.45, 2.75) is 36.8 Å². The summed E-state index contributed by atoms with van der Waals surface area (Å²) >= 11 is 5.61. The summed E-state index contributed by atoms with van der Waals surface area (Å²) in [4.78, 5) is 20.5. The maximum Gasteiger partial charge on any atom is 0.322 e. The van der Waals surface area contributed by atoms with E-state index in [1.165, 1.54) is 11.8 Å². The van der Waals surface area contributed by atoms with Crippen molar-refractivity contribution in [2.75, 3.05) is 20.6 Å². The average Bonchev–Trinajstić information content (AvgIpc) is 2.99. The zero-order chi connectivity index (χ0) is 20.4. The molecule has 2 fully saturated rings. The number of rotatable bonds is 5. The third-order valence-corrected chi connectivity index (χ3v) is 6.22. The molecule has 1 saturated carbocycles. The first-order chi connectivity index (χ1) is 13.3. The van der Waals surface area contributed by atoms with E-state index in [9.17, 15) is 4.79 Å². The Morgan fingerprint density at radius 3 is 2.46 bits per heavy atom. The zero-order valence-corrected chi connectivity index (χ0v) is 17.2. The van der Waals surface area contributed by atoms with Crippen LogP contribution in [-0.2, 0) is 5.54 Å². The molecular formula is C21H28ClN5O. The fraction of sp³-hybridized carbons (Fsp3) is 0.429. The summed E-state index contributed by atoms with van der Waals surface area (Å²) in [6.45, 7) is 4.37. The normalized spacial score (nSPS) is 28.7. The second kappa shape index (κ2) is 7.97. The summed E-state index contributed by atoms with van der Waals surface area (Å²) in [5.74, 6) is 0. The van der Waals surface area contributed by atoms with Crippen LogP contribution in [-0.4, -0.2) is 47.3 Å². The van der Waals surface area contributed by atoms with E-state index in [0.29, 0.717) is 12.2 Å². The Balaban J connectivity index is 1.80. The van der Waals surface area contributed by atoms with Crippen LogP contribution < -0.4 is 11.1 Å². The summed E-state index contributed by atoms with van der Waals surface area (Å²) in [5, 5.41) is 3.14. The van der Waals surface area contributed by atoms with Crippen molar-refractivity contribution in [3.63, 3.8) is 0 Å². The number of aliphatic imine (C=N–C) groups is 1. The lowest BCUT2D eigenvalue weighted by molar-refractivity contribution is 0.0629. The Morgan fingerprint density at radius 1 is 1.29 bits per heavy atom. The largest absolute Gasteiger partial charge is 0.374 e. The minimum atomic E-state index is -0.246. The summed E-state index contributed by atoms with van der Waals surface area (Å²) in [6, 6.07) is 10.5. The van der Waals surface area contributed by atoms with Crippen LogP contribution in [0.1, 0.15) is 31.2 Å². The first-order valence-electron chi connectivity index (χ1n) is 9.46. The highest BCUT2D eigenvalue weighted by Gasteiger charge is 2.50. The molecule has 3 rings (SSSR count). The predicted octanol–water partition coefficient (Wildman–Crippen LogP) is 3.36. The summed E-state index contributed by atoms with van der Waals surface area (Å²) in [6.07, 6.45) is 6.81. The Hall–Kier alpha value is -2.31. The molecule has 1 aliphatic carbocycles. The molecule has 1 heterocycles. The van der Waals surface area contributed by atoms with Crippen molar-refractivity contribution >= 4 is 22.9 Å². The zero-order valence-electron chi connectivity index (χ0n) is 16.5. The molecule has 1 aromatic carbocycles. The average molecular weight is 402 g/mol. The fourth-order valence-corrected chi connectivity index (χ4v) is 4.49. The maximum absolute atomic E-state index is 12.7. The van der Waals surface area contributed by atoms with Gasteiger partial charge in [0.05, 0.1) is 24.0 Å². The van der Waals surface area contributed by atoms with E-state index in [1.807, 2.05) is 6.07 Å². The van der Waals surface area contributed by atoms with Crippen molar-refractivity contribution in [1.29, 1.82) is 0 Å². The molecule has 150 valence electrons.